The molecule has 3 rings (SSSR count). The number of urea groups is 1. The number of nitrogens with zero attached hydrogens (tertiary/aromatic N) is 1. The average Bonchev–Trinajstić information content (AvgIpc) is 3.19. The highest BCUT2D eigenvalue weighted by atomic mass is 32.1. The van der Waals surface area contributed by atoms with Crippen molar-refractivity contribution in [1.29, 1.82) is 0 Å². The molecule has 1 aliphatic rings. The Morgan fingerprint density at radius 3 is 2.78 bits per heavy atom. The van der Waals surface area contributed by atoms with Crippen molar-refractivity contribution in [2.45, 2.75) is 25.8 Å². The molecule has 1 aromatic heterocycles. The number of carbonyl (C=O) groups excluding carboxylic acids is 1. The SMILES string of the molecule is CC(NC(=O)NCC1(CO)CC1)c1nc(-c2ccccc2)cs1. The lowest BCUT2D eigenvalue weighted by Gasteiger charge is -2.16. The third-order valence-corrected chi connectivity index (χ3v) is 5.25. The van der Waals surface area contributed by atoms with Crippen LogP contribution in [0, 0.1) is 5.41 Å². The van der Waals surface area contributed by atoms with Gasteiger partial charge in [0.15, 0.2) is 0 Å². The lowest BCUT2D eigenvalue weighted by Crippen LogP contribution is -2.40. The summed E-state index contributed by atoms with van der Waals surface area (Å²) in [4.78, 5) is 16.6. The van der Waals surface area contributed by atoms with Crippen molar-refractivity contribution in [2.24, 2.45) is 5.41 Å². The fourth-order valence-electron chi connectivity index (χ4n) is 2.37. The van der Waals surface area contributed by atoms with E-state index < -0.39 is 0 Å². The van der Waals surface area contributed by atoms with Gasteiger partial charge in [0.1, 0.15) is 5.01 Å². The number of rotatable bonds is 6. The Morgan fingerprint density at radius 1 is 1.39 bits per heavy atom. The minimum atomic E-state index is -0.214. The molecular formula is C17H21N3O2S. The molecule has 1 aliphatic carbocycles. The number of amides is 2. The zero-order chi connectivity index (χ0) is 16.3. The molecule has 1 saturated carbocycles. The summed E-state index contributed by atoms with van der Waals surface area (Å²) in [5, 5.41) is 17.9. The minimum Gasteiger partial charge on any atom is -0.396 e. The normalized spacial score (nSPS) is 16.6. The van der Waals surface area contributed by atoms with E-state index in [9.17, 15) is 9.90 Å². The van der Waals surface area contributed by atoms with Crippen LogP contribution in [0.15, 0.2) is 35.7 Å². The molecular weight excluding hydrogens is 310 g/mol. The summed E-state index contributed by atoms with van der Waals surface area (Å²) in [5.74, 6) is 0. The second kappa shape index (κ2) is 6.68. The van der Waals surface area contributed by atoms with Gasteiger partial charge in [-0.05, 0) is 19.8 Å². The number of hydrogen-bond acceptors (Lipinski definition) is 4. The van der Waals surface area contributed by atoms with Gasteiger partial charge in [-0.15, -0.1) is 11.3 Å². The zero-order valence-corrected chi connectivity index (χ0v) is 13.9. The fraction of sp³-hybridized carbons (Fsp3) is 0.412. The van der Waals surface area contributed by atoms with Crippen LogP contribution in [0.4, 0.5) is 4.79 Å². The Labute approximate surface area is 139 Å². The van der Waals surface area contributed by atoms with Crippen LogP contribution in [0.5, 0.6) is 0 Å². The van der Waals surface area contributed by atoms with E-state index in [1.807, 2.05) is 42.6 Å². The molecule has 0 spiro atoms. The third-order valence-electron chi connectivity index (χ3n) is 4.23. The highest BCUT2D eigenvalue weighted by Gasteiger charge is 2.42. The Bertz CT molecular complexity index is 667. The number of hydrogen-bond donors (Lipinski definition) is 3. The van der Waals surface area contributed by atoms with E-state index in [2.05, 4.69) is 15.6 Å². The second-order valence-electron chi connectivity index (χ2n) is 6.14. The lowest BCUT2D eigenvalue weighted by atomic mass is 10.1. The van der Waals surface area contributed by atoms with E-state index in [1.54, 1.807) is 11.3 Å². The number of nitrogens with one attached hydrogen (secondary N) is 2. The lowest BCUT2D eigenvalue weighted by molar-refractivity contribution is 0.202. The molecule has 2 amide bonds. The maximum atomic E-state index is 12.0. The number of aliphatic hydroxyl groups excluding tert-OH is 1. The Morgan fingerprint density at radius 2 is 2.13 bits per heavy atom. The fourth-order valence-corrected chi connectivity index (χ4v) is 3.21. The standard InChI is InChI=1S/C17H21N3O2S/c1-12(19-16(22)18-10-17(11-21)7-8-17)15-20-14(9-23-15)13-5-3-2-4-6-13/h2-6,9,12,21H,7-8,10-11H2,1H3,(H2,18,19,22). The van der Waals surface area contributed by atoms with Crippen molar-refractivity contribution in [2.75, 3.05) is 13.2 Å². The van der Waals surface area contributed by atoms with E-state index in [-0.39, 0.29) is 24.1 Å². The van der Waals surface area contributed by atoms with Gasteiger partial charge in [-0.25, -0.2) is 9.78 Å². The summed E-state index contributed by atoms with van der Waals surface area (Å²) in [5.41, 5.74) is 1.92. The van der Waals surface area contributed by atoms with Gasteiger partial charge < -0.3 is 15.7 Å². The van der Waals surface area contributed by atoms with Gasteiger partial charge in [0.05, 0.1) is 18.3 Å². The van der Waals surface area contributed by atoms with Crippen LogP contribution in [-0.2, 0) is 0 Å². The van der Waals surface area contributed by atoms with Gasteiger partial charge in [-0.1, -0.05) is 30.3 Å². The first kappa shape index (κ1) is 16.0. The van der Waals surface area contributed by atoms with Crippen molar-refractivity contribution in [1.82, 2.24) is 15.6 Å². The number of thiazole rings is 1. The largest absolute Gasteiger partial charge is 0.396 e. The third kappa shape index (κ3) is 3.89. The highest BCUT2D eigenvalue weighted by Crippen LogP contribution is 2.44. The Kier molecular flexibility index (Phi) is 4.63. The number of carbonyl (C=O) groups is 1. The predicted molar refractivity (Wildman–Crippen MR) is 91.3 cm³/mol. The van der Waals surface area contributed by atoms with Gasteiger partial charge in [0.25, 0.3) is 0 Å². The van der Waals surface area contributed by atoms with E-state index in [1.165, 1.54) is 0 Å². The average molecular weight is 331 g/mol. The minimum absolute atomic E-state index is 0.0811. The van der Waals surface area contributed by atoms with Crippen molar-refractivity contribution in [3.05, 3.63) is 40.7 Å². The zero-order valence-electron chi connectivity index (χ0n) is 13.1. The molecule has 2 aromatic rings. The smallest absolute Gasteiger partial charge is 0.315 e. The highest BCUT2D eigenvalue weighted by molar-refractivity contribution is 7.10. The van der Waals surface area contributed by atoms with Crippen molar-refractivity contribution >= 4 is 17.4 Å². The molecule has 0 saturated heterocycles. The monoisotopic (exact) mass is 331 g/mol. The van der Waals surface area contributed by atoms with Crippen molar-refractivity contribution < 1.29 is 9.90 Å². The van der Waals surface area contributed by atoms with Crippen LogP contribution < -0.4 is 10.6 Å². The summed E-state index contributed by atoms with van der Waals surface area (Å²) in [6.07, 6.45) is 1.96. The second-order valence-corrected chi connectivity index (χ2v) is 7.03. The molecule has 0 bridgehead atoms. The summed E-state index contributed by atoms with van der Waals surface area (Å²) in [6, 6.07) is 9.62. The molecule has 0 aliphatic heterocycles. The van der Waals surface area contributed by atoms with Gasteiger partial charge in [-0.2, -0.15) is 0 Å². The molecule has 5 nitrogen and oxygen atoms in total. The van der Waals surface area contributed by atoms with E-state index in [4.69, 9.17) is 0 Å². The summed E-state index contributed by atoms with van der Waals surface area (Å²) in [7, 11) is 0. The van der Waals surface area contributed by atoms with Crippen LogP contribution in [0.2, 0.25) is 0 Å². The summed E-state index contributed by atoms with van der Waals surface area (Å²) in [6.45, 7) is 2.58. The van der Waals surface area contributed by atoms with Crippen LogP contribution in [0.25, 0.3) is 11.3 Å². The molecule has 23 heavy (non-hydrogen) atoms. The molecule has 1 aromatic carbocycles. The van der Waals surface area contributed by atoms with E-state index in [0.29, 0.717) is 6.54 Å². The molecule has 122 valence electrons. The maximum absolute atomic E-state index is 12.0. The van der Waals surface area contributed by atoms with E-state index >= 15 is 0 Å². The van der Waals surface area contributed by atoms with Crippen molar-refractivity contribution in [3.8, 4) is 11.3 Å². The summed E-state index contributed by atoms with van der Waals surface area (Å²) < 4.78 is 0. The molecule has 3 N–H and O–H groups in total. The molecule has 1 fully saturated rings. The first-order valence-corrected chi connectivity index (χ1v) is 8.66. The topological polar surface area (TPSA) is 74.2 Å². The van der Waals surface area contributed by atoms with Gasteiger partial charge >= 0.3 is 6.03 Å². The predicted octanol–water partition coefficient (Wildman–Crippen LogP) is 2.94. The quantitative estimate of drug-likeness (QED) is 0.762. The number of aromatic nitrogens is 1. The summed E-state index contributed by atoms with van der Waals surface area (Å²) >= 11 is 1.54. The van der Waals surface area contributed by atoms with Gasteiger partial charge in [0, 0.05) is 22.9 Å². The van der Waals surface area contributed by atoms with E-state index in [0.717, 1.165) is 29.1 Å². The maximum Gasteiger partial charge on any atom is 0.315 e. The number of benzene rings is 1. The molecule has 1 atom stereocenters. The first-order chi connectivity index (χ1) is 11.1. The Balaban J connectivity index is 1.55. The first-order valence-electron chi connectivity index (χ1n) is 7.78. The van der Waals surface area contributed by atoms with Crippen LogP contribution >= 0.6 is 11.3 Å². The molecule has 6 heteroatoms. The molecule has 0 radical (unpaired) electrons. The van der Waals surface area contributed by atoms with Crippen LogP contribution in [-0.4, -0.2) is 29.3 Å². The number of aliphatic hydroxyl groups is 1. The van der Waals surface area contributed by atoms with Gasteiger partial charge in [-0.3, -0.25) is 0 Å². The van der Waals surface area contributed by atoms with Crippen molar-refractivity contribution in [3.63, 3.8) is 0 Å². The van der Waals surface area contributed by atoms with Crippen LogP contribution in [0.3, 0.4) is 0 Å². The van der Waals surface area contributed by atoms with Gasteiger partial charge in [0.2, 0.25) is 0 Å². The Hall–Kier alpha value is -1.92. The molecule has 1 heterocycles. The molecule has 1 unspecified atom stereocenters. The van der Waals surface area contributed by atoms with Crippen LogP contribution in [0.1, 0.15) is 30.8 Å².